The van der Waals surface area contributed by atoms with Gasteiger partial charge in [0.25, 0.3) is 0 Å². The third-order valence-corrected chi connectivity index (χ3v) is 6.36. The standard InChI is InChI=1S/C21H22FN5O2/c1-21-10-13(11-26(21)2)19(20(21)22)29-18-6-5-16(24-25-18)15-4-3-14(9-17(15)28)27-8-7-23-12-27/h3-9,12-13,19-20,28H,10-11H2,1-2H3/t13-,19-,20+,21-/m1/s1. The van der Waals surface area contributed by atoms with Crippen LogP contribution in [-0.4, -0.2) is 61.2 Å². The Balaban J connectivity index is 1.34. The molecule has 7 nitrogen and oxygen atoms in total. The maximum Gasteiger partial charge on any atom is 0.233 e. The summed E-state index contributed by atoms with van der Waals surface area (Å²) in [6.45, 7) is 2.77. The van der Waals surface area contributed by atoms with Gasteiger partial charge in [-0.3, -0.25) is 4.90 Å². The summed E-state index contributed by atoms with van der Waals surface area (Å²) in [5.41, 5.74) is 1.40. The van der Waals surface area contributed by atoms with Crippen molar-refractivity contribution in [3.63, 3.8) is 0 Å². The quantitative estimate of drug-likeness (QED) is 0.732. The van der Waals surface area contributed by atoms with E-state index in [0.29, 0.717) is 17.1 Å². The van der Waals surface area contributed by atoms with Crippen molar-refractivity contribution in [3.8, 4) is 28.6 Å². The van der Waals surface area contributed by atoms with Gasteiger partial charge in [-0.05, 0) is 38.6 Å². The van der Waals surface area contributed by atoms with Crippen molar-refractivity contribution in [2.45, 2.75) is 31.2 Å². The summed E-state index contributed by atoms with van der Waals surface area (Å²) in [7, 11) is 1.96. The van der Waals surface area contributed by atoms with Crippen LogP contribution in [-0.2, 0) is 0 Å². The van der Waals surface area contributed by atoms with Gasteiger partial charge in [-0.1, -0.05) is 0 Å². The lowest BCUT2D eigenvalue weighted by Gasteiger charge is -2.38. The van der Waals surface area contributed by atoms with E-state index in [4.69, 9.17) is 4.74 Å². The number of hydrogen-bond acceptors (Lipinski definition) is 6. The summed E-state index contributed by atoms with van der Waals surface area (Å²) in [4.78, 5) is 6.08. The highest BCUT2D eigenvalue weighted by molar-refractivity contribution is 5.68. The van der Waals surface area contributed by atoms with Gasteiger partial charge in [0.2, 0.25) is 5.88 Å². The number of phenolic OH excluding ortho intramolecular Hbond substituents is 1. The Morgan fingerprint density at radius 3 is 2.72 bits per heavy atom. The summed E-state index contributed by atoms with van der Waals surface area (Å²) < 4.78 is 22.6. The van der Waals surface area contributed by atoms with Crippen LogP contribution in [0.2, 0.25) is 0 Å². The Hall–Kier alpha value is -3.00. The van der Waals surface area contributed by atoms with Crippen LogP contribution in [0.3, 0.4) is 0 Å². The highest BCUT2D eigenvalue weighted by Crippen LogP contribution is 2.48. The van der Waals surface area contributed by atoms with Crippen LogP contribution in [0.25, 0.3) is 16.9 Å². The van der Waals surface area contributed by atoms with Gasteiger partial charge in [-0.15, -0.1) is 10.2 Å². The average Bonchev–Trinajstić information content (AvgIpc) is 3.40. The van der Waals surface area contributed by atoms with Crippen molar-refractivity contribution in [2.24, 2.45) is 5.92 Å². The predicted octanol–water partition coefficient (Wildman–Crippen LogP) is 2.84. The number of hydrogen-bond donors (Lipinski definition) is 1. The smallest absolute Gasteiger partial charge is 0.233 e. The van der Waals surface area contributed by atoms with E-state index in [1.54, 1.807) is 47.6 Å². The Labute approximate surface area is 167 Å². The number of alkyl halides is 1. The SMILES string of the molecule is CN1C[C@H]2C[C@]1(C)[C@@H](F)[C@@H]2Oc1ccc(-c2ccc(-n3ccnc3)cc2O)nn1. The second-order valence-electron chi connectivity index (χ2n) is 8.11. The molecule has 29 heavy (non-hydrogen) atoms. The minimum atomic E-state index is -1.06. The molecule has 8 heteroatoms. The van der Waals surface area contributed by atoms with E-state index in [9.17, 15) is 9.50 Å². The van der Waals surface area contributed by atoms with E-state index in [0.717, 1.165) is 18.7 Å². The Kier molecular flexibility index (Phi) is 4.06. The number of benzene rings is 1. The fourth-order valence-corrected chi connectivity index (χ4v) is 4.58. The Bertz CT molecular complexity index is 1030. The van der Waals surface area contributed by atoms with E-state index in [1.807, 2.05) is 20.0 Å². The molecule has 0 radical (unpaired) electrons. The molecule has 1 saturated heterocycles. The predicted molar refractivity (Wildman–Crippen MR) is 105 cm³/mol. The van der Waals surface area contributed by atoms with Crippen molar-refractivity contribution < 1.29 is 14.2 Å². The van der Waals surface area contributed by atoms with Gasteiger partial charge in [0.15, 0.2) is 6.17 Å². The fourth-order valence-electron chi connectivity index (χ4n) is 4.58. The van der Waals surface area contributed by atoms with Crippen molar-refractivity contribution in [3.05, 3.63) is 49.1 Å². The number of aromatic hydroxyl groups is 1. The van der Waals surface area contributed by atoms with E-state index >= 15 is 0 Å². The zero-order valence-corrected chi connectivity index (χ0v) is 16.2. The van der Waals surface area contributed by atoms with Crippen molar-refractivity contribution >= 4 is 0 Å². The molecule has 3 aromatic rings. The molecule has 1 aromatic carbocycles. The van der Waals surface area contributed by atoms with Crippen LogP contribution >= 0.6 is 0 Å². The average molecular weight is 395 g/mol. The minimum absolute atomic E-state index is 0.0899. The van der Waals surface area contributed by atoms with Gasteiger partial charge >= 0.3 is 0 Å². The molecule has 2 aliphatic rings. The molecule has 1 aliphatic carbocycles. The highest BCUT2D eigenvalue weighted by Gasteiger charge is 2.60. The number of imidazole rings is 1. The maximum absolute atomic E-state index is 14.9. The summed E-state index contributed by atoms with van der Waals surface area (Å²) in [6, 6.07) is 8.69. The van der Waals surface area contributed by atoms with Gasteiger partial charge in [-0.2, -0.15) is 0 Å². The molecule has 150 valence electrons. The molecule has 5 rings (SSSR count). The molecule has 2 bridgehead atoms. The molecule has 1 aliphatic heterocycles. The fraction of sp³-hybridized carbons (Fsp3) is 0.381. The molecule has 1 N–H and O–H groups in total. The largest absolute Gasteiger partial charge is 0.507 e. The lowest BCUT2D eigenvalue weighted by Crippen LogP contribution is -2.54. The molecule has 0 amide bonds. The molecule has 2 fully saturated rings. The molecular weight excluding hydrogens is 373 g/mol. The normalized spacial score (nSPS) is 28.7. The first kappa shape index (κ1) is 18.1. The van der Waals surface area contributed by atoms with Gasteiger partial charge in [0, 0.05) is 42.6 Å². The molecular formula is C21H22FN5O2. The third-order valence-electron chi connectivity index (χ3n) is 6.36. The zero-order valence-electron chi connectivity index (χ0n) is 16.2. The van der Waals surface area contributed by atoms with Crippen LogP contribution in [0, 0.1) is 5.92 Å². The minimum Gasteiger partial charge on any atom is -0.507 e. The van der Waals surface area contributed by atoms with Gasteiger partial charge in [0.05, 0.1) is 23.2 Å². The molecule has 0 spiro atoms. The number of piperidine rings is 1. The first-order valence-electron chi connectivity index (χ1n) is 9.63. The highest BCUT2D eigenvalue weighted by atomic mass is 19.1. The number of fused-ring (bicyclic) bond motifs is 2. The third kappa shape index (κ3) is 2.86. The van der Waals surface area contributed by atoms with E-state index < -0.39 is 17.8 Å². The van der Waals surface area contributed by atoms with Crippen molar-refractivity contribution in [2.75, 3.05) is 13.6 Å². The number of ether oxygens (including phenoxy) is 1. The zero-order chi connectivity index (χ0) is 20.2. The molecule has 0 unspecified atom stereocenters. The van der Waals surface area contributed by atoms with Gasteiger partial charge in [-0.25, -0.2) is 9.37 Å². The maximum atomic E-state index is 14.9. The summed E-state index contributed by atoms with van der Waals surface area (Å²) in [6.07, 6.45) is 4.36. The first-order valence-corrected chi connectivity index (χ1v) is 9.63. The van der Waals surface area contributed by atoms with E-state index in [2.05, 4.69) is 20.1 Å². The number of aromatic nitrogens is 4. The Morgan fingerprint density at radius 2 is 2.10 bits per heavy atom. The van der Waals surface area contributed by atoms with Gasteiger partial charge in [0.1, 0.15) is 11.9 Å². The van der Waals surface area contributed by atoms with Crippen LogP contribution in [0.15, 0.2) is 49.1 Å². The lowest BCUT2D eigenvalue weighted by molar-refractivity contribution is -0.0143. The topological polar surface area (TPSA) is 76.3 Å². The second-order valence-corrected chi connectivity index (χ2v) is 8.11. The van der Waals surface area contributed by atoms with Crippen LogP contribution < -0.4 is 4.74 Å². The molecule has 2 aromatic heterocycles. The summed E-state index contributed by atoms with van der Waals surface area (Å²) >= 11 is 0. The Morgan fingerprint density at radius 1 is 1.24 bits per heavy atom. The summed E-state index contributed by atoms with van der Waals surface area (Å²) in [5.74, 6) is 0.544. The number of phenols is 1. The monoisotopic (exact) mass is 395 g/mol. The first-order chi connectivity index (χ1) is 14.0. The van der Waals surface area contributed by atoms with E-state index in [-0.39, 0.29) is 11.7 Å². The molecule has 3 heterocycles. The molecule has 1 saturated carbocycles. The van der Waals surface area contributed by atoms with Crippen molar-refractivity contribution in [1.29, 1.82) is 0 Å². The summed E-state index contributed by atoms with van der Waals surface area (Å²) in [5, 5.41) is 18.7. The number of likely N-dealkylation sites (tertiary alicyclic amines) is 1. The number of halogens is 1. The number of rotatable bonds is 4. The lowest BCUT2D eigenvalue weighted by atomic mass is 9.97. The van der Waals surface area contributed by atoms with Crippen LogP contribution in [0.1, 0.15) is 13.3 Å². The van der Waals surface area contributed by atoms with Crippen LogP contribution in [0.4, 0.5) is 4.39 Å². The number of nitrogens with zero attached hydrogens (tertiary/aromatic N) is 5. The van der Waals surface area contributed by atoms with Crippen LogP contribution in [0.5, 0.6) is 11.6 Å². The molecule has 4 atom stereocenters. The van der Waals surface area contributed by atoms with Gasteiger partial charge < -0.3 is 14.4 Å². The van der Waals surface area contributed by atoms with E-state index in [1.165, 1.54) is 0 Å². The second kappa shape index (κ2) is 6.52. The van der Waals surface area contributed by atoms with Crippen molar-refractivity contribution in [1.82, 2.24) is 24.6 Å².